The first-order chi connectivity index (χ1) is 15.3. The molecule has 8 heteroatoms. The SMILES string of the molecule is Cc1ncc(-c2cc(C)c3c(N)ncnn23)cc1C(=O)NCCC(C)(O)c1ccccc1. The molecule has 4 rings (SSSR count). The molecule has 0 aliphatic carbocycles. The lowest BCUT2D eigenvalue weighted by Crippen LogP contribution is -2.31. The first-order valence-corrected chi connectivity index (χ1v) is 10.4. The molecule has 32 heavy (non-hydrogen) atoms. The van der Waals surface area contributed by atoms with Crippen molar-refractivity contribution in [1.29, 1.82) is 0 Å². The summed E-state index contributed by atoms with van der Waals surface area (Å²) in [4.78, 5) is 21.4. The molecular weight excluding hydrogens is 404 g/mol. The molecule has 1 unspecified atom stereocenters. The van der Waals surface area contributed by atoms with Crippen molar-refractivity contribution in [3.63, 3.8) is 0 Å². The Morgan fingerprint density at radius 3 is 2.69 bits per heavy atom. The molecule has 8 nitrogen and oxygen atoms in total. The van der Waals surface area contributed by atoms with E-state index >= 15 is 0 Å². The van der Waals surface area contributed by atoms with E-state index in [2.05, 4.69) is 20.4 Å². The van der Waals surface area contributed by atoms with Crippen LogP contribution in [0.1, 0.15) is 40.5 Å². The van der Waals surface area contributed by atoms with Gasteiger partial charge in [-0.1, -0.05) is 30.3 Å². The molecule has 0 spiro atoms. The molecule has 3 aromatic heterocycles. The molecule has 0 fully saturated rings. The van der Waals surface area contributed by atoms with E-state index in [4.69, 9.17) is 5.73 Å². The van der Waals surface area contributed by atoms with E-state index in [0.29, 0.717) is 30.0 Å². The zero-order chi connectivity index (χ0) is 22.9. The van der Waals surface area contributed by atoms with Crippen molar-refractivity contribution in [3.05, 3.63) is 77.4 Å². The molecule has 1 aromatic carbocycles. The van der Waals surface area contributed by atoms with E-state index in [-0.39, 0.29) is 5.91 Å². The van der Waals surface area contributed by atoms with Gasteiger partial charge < -0.3 is 16.2 Å². The fourth-order valence-electron chi connectivity index (χ4n) is 3.82. The van der Waals surface area contributed by atoms with E-state index in [0.717, 1.165) is 27.9 Å². The number of carbonyl (C=O) groups is 1. The molecule has 0 saturated heterocycles. The first-order valence-electron chi connectivity index (χ1n) is 10.4. The summed E-state index contributed by atoms with van der Waals surface area (Å²) in [6.45, 7) is 5.80. The Morgan fingerprint density at radius 2 is 1.94 bits per heavy atom. The fourth-order valence-corrected chi connectivity index (χ4v) is 3.82. The van der Waals surface area contributed by atoms with Crippen molar-refractivity contribution in [3.8, 4) is 11.3 Å². The third-order valence-electron chi connectivity index (χ3n) is 5.69. The highest BCUT2D eigenvalue weighted by molar-refractivity contribution is 5.96. The molecular formula is C24H26N6O2. The molecule has 4 aromatic rings. The number of aliphatic hydroxyl groups is 1. The van der Waals surface area contributed by atoms with E-state index in [1.54, 1.807) is 30.6 Å². The summed E-state index contributed by atoms with van der Waals surface area (Å²) < 4.78 is 1.71. The summed E-state index contributed by atoms with van der Waals surface area (Å²) in [6.07, 6.45) is 3.50. The van der Waals surface area contributed by atoms with Gasteiger partial charge in [0.25, 0.3) is 5.91 Å². The fraction of sp³-hybridized carbons (Fsp3) is 0.250. The second kappa shape index (κ2) is 8.39. The van der Waals surface area contributed by atoms with E-state index in [1.807, 2.05) is 43.3 Å². The van der Waals surface area contributed by atoms with Crippen LogP contribution in [0.3, 0.4) is 0 Å². The number of nitrogen functional groups attached to an aromatic ring is 1. The van der Waals surface area contributed by atoms with Crippen molar-refractivity contribution >= 4 is 17.2 Å². The van der Waals surface area contributed by atoms with Gasteiger partial charge in [0.1, 0.15) is 11.8 Å². The topological polar surface area (TPSA) is 118 Å². The predicted molar refractivity (Wildman–Crippen MR) is 123 cm³/mol. The van der Waals surface area contributed by atoms with Gasteiger partial charge in [0, 0.05) is 18.3 Å². The number of hydrogen-bond acceptors (Lipinski definition) is 6. The number of amides is 1. The van der Waals surface area contributed by atoms with Gasteiger partial charge >= 0.3 is 0 Å². The van der Waals surface area contributed by atoms with Gasteiger partial charge in [0.2, 0.25) is 0 Å². The smallest absolute Gasteiger partial charge is 0.253 e. The average Bonchev–Trinajstić information content (AvgIpc) is 3.12. The Morgan fingerprint density at radius 1 is 1.19 bits per heavy atom. The summed E-state index contributed by atoms with van der Waals surface area (Å²) >= 11 is 0. The van der Waals surface area contributed by atoms with Crippen molar-refractivity contribution in [2.45, 2.75) is 32.8 Å². The second-order valence-electron chi connectivity index (χ2n) is 8.12. The summed E-state index contributed by atoms with van der Waals surface area (Å²) in [5.74, 6) is 0.152. The largest absolute Gasteiger partial charge is 0.385 e. The molecule has 0 bridgehead atoms. The number of nitrogens with zero attached hydrogens (tertiary/aromatic N) is 4. The molecule has 1 atom stereocenters. The summed E-state index contributed by atoms with van der Waals surface area (Å²) in [5, 5.41) is 18.0. The van der Waals surface area contributed by atoms with Crippen LogP contribution in [0.5, 0.6) is 0 Å². The number of benzene rings is 1. The Balaban J connectivity index is 1.55. The van der Waals surface area contributed by atoms with Crippen LogP contribution in [0.2, 0.25) is 0 Å². The molecule has 1 amide bonds. The van der Waals surface area contributed by atoms with Gasteiger partial charge in [-0.15, -0.1) is 0 Å². The Bertz CT molecular complexity index is 1280. The van der Waals surface area contributed by atoms with Gasteiger partial charge in [-0.3, -0.25) is 9.78 Å². The van der Waals surface area contributed by atoms with Gasteiger partial charge in [-0.2, -0.15) is 5.10 Å². The summed E-state index contributed by atoms with van der Waals surface area (Å²) in [5.41, 5.74) is 10.1. The highest BCUT2D eigenvalue weighted by atomic mass is 16.3. The van der Waals surface area contributed by atoms with E-state index in [9.17, 15) is 9.90 Å². The standard InChI is InChI=1S/C24H26N6O2/c1-15-11-20(30-21(15)22(25)28-14-29-30)17-12-19(16(2)27-13-17)23(31)26-10-9-24(3,32)18-7-5-4-6-8-18/h4-8,11-14,32H,9-10H2,1-3H3,(H,26,31)(H2,25,28,29). The maximum absolute atomic E-state index is 12.9. The van der Waals surface area contributed by atoms with Crippen molar-refractivity contribution in [2.75, 3.05) is 12.3 Å². The number of aryl methyl sites for hydroxylation is 2. The van der Waals surface area contributed by atoms with Crippen molar-refractivity contribution in [2.24, 2.45) is 0 Å². The summed E-state index contributed by atoms with van der Waals surface area (Å²) in [6, 6.07) is 13.2. The van der Waals surface area contributed by atoms with Crippen LogP contribution < -0.4 is 11.1 Å². The average molecular weight is 431 g/mol. The molecule has 0 aliphatic heterocycles. The highest BCUT2D eigenvalue weighted by Gasteiger charge is 2.23. The lowest BCUT2D eigenvalue weighted by atomic mass is 9.92. The van der Waals surface area contributed by atoms with Crippen LogP contribution in [-0.4, -0.2) is 37.1 Å². The van der Waals surface area contributed by atoms with Crippen molar-refractivity contribution < 1.29 is 9.90 Å². The maximum atomic E-state index is 12.9. The van der Waals surface area contributed by atoms with Crippen LogP contribution >= 0.6 is 0 Å². The zero-order valence-corrected chi connectivity index (χ0v) is 18.3. The van der Waals surface area contributed by atoms with Crippen molar-refractivity contribution in [1.82, 2.24) is 24.9 Å². The molecule has 0 radical (unpaired) electrons. The number of hydrogen-bond donors (Lipinski definition) is 3. The monoisotopic (exact) mass is 430 g/mol. The predicted octanol–water partition coefficient (Wildman–Crippen LogP) is 3.02. The Kier molecular flexibility index (Phi) is 5.63. The minimum atomic E-state index is -1.04. The Labute approximate surface area is 186 Å². The lowest BCUT2D eigenvalue weighted by molar-refractivity contribution is 0.0475. The zero-order valence-electron chi connectivity index (χ0n) is 18.3. The van der Waals surface area contributed by atoms with Gasteiger partial charge in [0.05, 0.1) is 22.6 Å². The van der Waals surface area contributed by atoms with Crippen LogP contribution in [0, 0.1) is 13.8 Å². The number of anilines is 1. The quantitative estimate of drug-likeness (QED) is 0.433. The van der Waals surface area contributed by atoms with E-state index in [1.165, 1.54) is 6.33 Å². The molecule has 0 saturated carbocycles. The first kappa shape index (κ1) is 21.5. The summed E-state index contributed by atoms with van der Waals surface area (Å²) in [7, 11) is 0. The normalized spacial score (nSPS) is 13.1. The second-order valence-corrected chi connectivity index (χ2v) is 8.12. The minimum absolute atomic E-state index is 0.243. The lowest BCUT2D eigenvalue weighted by Gasteiger charge is -2.24. The maximum Gasteiger partial charge on any atom is 0.253 e. The third kappa shape index (κ3) is 4.04. The van der Waals surface area contributed by atoms with E-state index < -0.39 is 5.60 Å². The van der Waals surface area contributed by atoms with Gasteiger partial charge in [-0.25, -0.2) is 9.50 Å². The number of aromatic nitrogens is 4. The number of rotatable bonds is 6. The highest BCUT2D eigenvalue weighted by Crippen LogP contribution is 2.28. The molecule has 164 valence electrons. The van der Waals surface area contributed by atoms with Crippen LogP contribution in [0.15, 0.2) is 55.0 Å². The number of carbonyl (C=O) groups excluding carboxylic acids is 1. The third-order valence-corrected chi connectivity index (χ3v) is 5.69. The number of pyridine rings is 1. The van der Waals surface area contributed by atoms with Gasteiger partial charge in [-0.05, 0) is 50.5 Å². The van der Waals surface area contributed by atoms with Crippen LogP contribution in [0.4, 0.5) is 5.82 Å². The molecule has 3 heterocycles. The van der Waals surface area contributed by atoms with Gasteiger partial charge in [0.15, 0.2) is 5.82 Å². The number of fused-ring (bicyclic) bond motifs is 1. The molecule has 4 N–H and O–H groups in total. The Hall–Kier alpha value is -3.78. The molecule has 0 aliphatic rings. The van der Waals surface area contributed by atoms with Crippen LogP contribution in [-0.2, 0) is 5.60 Å². The number of nitrogens with two attached hydrogens (primary N) is 1. The minimum Gasteiger partial charge on any atom is -0.385 e. The number of nitrogens with one attached hydrogen (secondary N) is 1. The van der Waals surface area contributed by atoms with Crippen LogP contribution in [0.25, 0.3) is 16.8 Å².